The first-order valence-electron chi connectivity index (χ1n) is 5.99. The summed E-state index contributed by atoms with van der Waals surface area (Å²) in [5, 5.41) is 5.79. The predicted octanol–water partition coefficient (Wildman–Crippen LogP) is 4.99. The van der Waals surface area contributed by atoms with Gasteiger partial charge in [0.1, 0.15) is 0 Å². The van der Waals surface area contributed by atoms with E-state index in [1.165, 1.54) is 22.2 Å². The normalized spacial score (nSPS) is 15.4. The van der Waals surface area contributed by atoms with Crippen LogP contribution in [0.4, 0.5) is 0 Å². The van der Waals surface area contributed by atoms with Gasteiger partial charge in [0.2, 0.25) is 0 Å². The molecule has 0 fully saturated rings. The van der Waals surface area contributed by atoms with Crippen molar-refractivity contribution in [2.75, 3.05) is 0 Å². The molecular formula is C13H22BrNS. The highest BCUT2D eigenvalue weighted by Crippen LogP contribution is 2.29. The van der Waals surface area contributed by atoms with Gasteiger partial charge in [-0.3, -0.25) is 0 Å². The van der Waals surface area contributed by atoms with Crippen molar-refractivity contribution < 1.29 is 0 Å². The lowest BCUT2D eigenvalue weighted by Crippen LogP contribution is -2.28. The summed E-state index contributed by atoms with van der Waals surface area (Å²) in [5.41, 5.74) is 0. The van der Waals surface area contributed by atoms with E-state index >= 15 is 0 Å². The van der Waals surface area contributed by atoms with Crippen molar-refractivity contribution in [2.24, 2.45) is 5.92 Å². The highest BCUT2D eigenvalue weighted by atomic mass is 79.9. The van der Waals surface area contributed by atoms with E-state index in [1.54, 1.807) is 0 Å². The van der Waals surface area contributed by atoms with Gasteiger partial charge in [0.25, 0.3) is 0 Å². The molecule has 2 atom stereocenters. The first-order valence-corrected chi connectivity index (χ1v) is 7.67. The molecule has 0 bridgehead atoms. The van der Waals surface area contributed by atoms with Gasteiger partial charge < -0.3 is 5.32 Å². The third-order valence-electron chi connectivity index (χ3n) is 2.75. The number of thiophene rings is 1. The van der Waals surface area contributed by atoms with Crippen molar-refractivity contribution in [2.45, 2.75) is 52.6 Å². The minimum atomic E-state index is 0.441. The van der Waals surface area contributed by atoms with Crippen molar-refractivity contribution in [1.82, 2.24) is 5.32 Å². The van der Waals surface area contributed by atoms with Crippen molar-refractivity contribution in [3.63, 3.8) is 0 Å². The Hall–Kier alpha value is 0.140. The topological polar surface area (TPSA) is 12.0 Å². The van der Waals surface area contributed by atoms with Crippen molar-refractivity contribution in [1.29, 1.82) is 0 Å². The molecular weight excluding hydrogens is 282 g/mol. The number of rotatable bonds is 6. The zero-order valence-electron chi connectivity index (χ0n) is 10.6. The van der Waals surface area contributed by atoms with Crippen LogP contribution in [0.15, 0.2) is 15.9 Å². The Morgan fingerprint density at radius 1 is 1.25 bits per heavy atom. The van der Waals surface area contributed by atoms with Crippen LogP contribution in [0.3, 0.4) is 0 Å². The molecule has 16 heavy (non-hydrogen) atoms. The zero-order valence-corrected chi connectivity index (χ0v) is 13.0. The van der Waals surface area contributed by atoms with Gasteiger partial charge in [0.15, 0.2) is 0 Å². The first kappa shape index (κ1) is 14.2. The third kappa shape index (κ3) is 4.56. The Kier molecular flexibility index (Phi) is 6.01. The van der Waals surface area contributed by atoms with Gasteiger partial charge in [-0.25, -0.2) is 0 Å². The molecule has 1 aromatic heterocycles. The molecule has 0 aliphatic carbocycles. The molecule has 0 saturated carbocycles. The Bertz CT molecular complexity index is 309. The van der Waals surface area contributed by atoms with Gasteiger partial charge in [0, 0.05) is 21.4 Å². The van der Waals surface area contributed by atoms with Crippen LogP contribution in [0.25, 0.3) is 0 Å². The number of hydrogen-bond donors (Lipinski definition) is 1. The molecule has 1 N–H and O–H groups in total. The van der Waals surface area contributed by atoms with Crippen molar-refractivity contribution in [3.8, 4) is 0 Å². The van der Waals surface area contributed by atoms with E-state index in [1.807, 2.05) is 11.3 Å². The molecule has 0 spiro atoms. The fourth-order valence-corrected chi connectivity index (χ4v) is 3.52. The van der Waals surface area contributed by atoms with Gasteiger partial charge in [-0.2, -0.15) is 0 Å². The summed E-state index contributed by atoms with van der Waals surface area (Å²) in [6.45, 7) is 9.08. The number of halogens is 1. The fraction of sp³-hybridized carbons (Fsp3) is 0.692. The molecule has 1 heterocycles. The summed E-state index contributed by atoms with van der Waals surface area (Å²) in [5.74, 6) is 0.799. The molecule has 3 heteroatoms. The second kappa shape index (κ2) is 6.77. The molecule has 0 radical (unpaired) electrons. The smallest absolute Gasteiger partial charge is 0.0399 e. The van der Waals surface area contributed by atoms with E-state index in [9.17, 15) is 0 Å². The monoisotopic (exact) mass is 303 g/mol. The van der Waals surface area contributed by atoms with Crippen molar-refractivity contribution in [3.05, 3.63) is 20.8 Å². The van der Waals surface area contributed by atoms with Crippen LogP contribution in [-0.4, -0.2) is 6.04 Å². The molecule has 0 aromatic carbocycles. The van der Waals surface area contributed by atoms with Crippen LogP contribution < -0.4 is 5.32 Å². The predicted molar refractivity (Wildman–Crippen MR) is 77.1 cm³/mol. The lowest BCUT2D eigenvalue weighted by molar-refractivity contribution is 0.419. The van der Waals surface area contributed by atoms with Crippen LogP contribution in [-0.2, 0) is 0 Å². The first-order chi connectivity index (χ1) is 7.50. The second-order valence-electron chi connectivity index (χ2n) is 4.89. The summed E-state index contributed by atoms with van der Waals surface area (Å²) in [6, 6.07) is 3.15. The lowest BCUT2D eigenvalue weighted by atomic mass is 10.0. The summed E-state index contributed by atoms with van der Waals surface area (Å²) in [4.78, 5) is 1.40. The molecule has 0 saturated heterocycles. The summed E-state index contributed by atoms with van der Waals surface area (Å²) >= 11 is 5.40. The maximum atomic E-state index is 3.66. The molecule has 1 aromatic rings. The van der Waals surface area contributed by atoms with Crippen LogP contribution in [0.5, 0.6) is 0 Å². The molecule has 1 nitrogen and oxygen atoms in total. The maximum absolute atomic E-state index is 3.66. The number of nitrogens with one attached hydrogen (secondary N) is 1. The minimum Gasteiger partial charge on any atom is -0.307 e. The SMILES string of the molecule is CC(C)CCC(C)NC(C)c1sccc1Br. The largest absolute Gasteiger partial charge is 0.307 e. The summed E-state index contributed by atoms with van der Waals surface area (Å²) < 4.78 is 1.23. The number of hydrogen-bond acceptors (Lipinski definition) is 2. The highest BCUT2D eigenvalue weighted by molar-refractivity contribution is 9.10. The Morgan fingerprint density at radius 3 is 2.44 bits per heavy atom. The van der Waals surface area contributed by atoms with Crippen LogP contribution >= 0.6 is 27.3 Å². The van der Waals surface area contributed by atoms with Crippen LogP contribution in [0.2, 0.25) is 0 Å². The van der Waals surface area contributed by atoms with E-state index in [0.717, 1.165) is 5.92 Å². The average molecular weight is 304 g/mol. The fourth-order valence-electron chi connectivity index (χ4n) is 1.78. The average Bonchev–Trinajstić information content (AvgIpc) is 2.61. The minimum absolute atomic E-state index is 0.441. The van der Waals surface area contributed by atoms with Gasteiger partial charge in [-0.1, -0.05) is 13.8 Å². The molecule has 2 unspecified atom stereocenters. The van der Waals surface area contributed by atoms with Gasteiger partial charge in [-0.05, 0) is 60.0 Å². The van der Waals surface area contributed by atoms with E-state index in [2.05, 4.69) is 60.4 Å². The van der Waals surface area contributed by atoms with Crippen LogP contribution in [0.1, 0.15) is 51.5 Å². The maximum Gasteiger partial charge on any atom is 0.0399 e. The molecule has 0 aliphatic rings. The summed E-state index contributed by atoms with van der Waals surface area (Å²) in [6.07, 6.45) is 2.55. The van der Waals surface area contributed by atoms with E-state index in [-0.39, 0.29) is 0 Å². The Balaban J connectivity index is 2.39. The molecule has 0 aliphatic heterocycles. The summed E-state index contributed by atoms with van der Waals surface area (Å²) in [7, 11) is 0. The zero-order chi connectivity index (χ0) is 12.1. The van der Waals surface area contributed by atoms with E-state index in [4.69, 9.17) is 0 Å². The standard InChI is InChI=1S/C13H22BrNS/c1-9(2)5-6-10(3)15-11(4)13-12(14)7-8-16-13/h7-11,15H,5-6H2,1-4H3. The Labute approximate surface area is 112 Å². The van der Waals surface area contributed by atoms with Gasteiger partial charge in [0.05, 0.1) is 0 Å². The quantitative estimate of drug-likeness (QED) is 0.781. The van der Waals surface area contributed by atoms with Crippen molar-refractivity contribution >= 4 is 27.3 Å². The van der Waals surface area contributed by atoms with Crippen LogP contribution in [0, 0.1) is 5.92 Å². The molecule has 92 valence electrons. The molecule has 0 amide bonds. The second-order valence-corrected chi connectivity index (χ2v) is 6.70. The van der Waals surface area contributed by atoms with Gasteiger partial charge >= 0.3 is 0 Å². The Morgan fingerprint density at radius 2 is 1.94 bits per heavy atom. The molecule has 1 rings (SSSR count). The third-order valence-corrected chi connectivity index (χ3v) is 4.80. The lowest BCUT2D eigenvalue weighted by Gasteiger charge is -2.20. The van der Waals surface area contributed by atoms with E-state index in [0.29, 0.717) is 12.1 Å². The highest BCUT2D eigenvalue weighted by Gasteiger charge is 2.13. The van der Waals surface area contributed by atoms with E-state index < -0.39 is 0 Å². The van der Waals surface area contributed by atoms with Gasteiger partial charge in [-0.15, -0.1) is 11.3 Å².